The Balaban J connectivity index is 1.47. The number of benzene rings is 3. The summed E-state index contributed by atoms with van der Waals surface area (Å²) in [6.45, 7) is 6.44. The first-order chi connectivity index (χ1) is 17.8. The van der Waals surface area contributed by atoms with Gasteiger partial charge in [-0.25, -0.2) is 0 Å². The number of hydrogen-bond acceptors (Lipinski definition) is 4. The fourth-order valence-corrected chi connectivity index (χ4v) is 4.75. The molecule has 1 N–H and O–H groups in total. The van der Waals surface area contributed by atoms with E-state index in [9.17, 15) is 14.4 Å². The molecule has 2 atom stereocenters. The van der Waals surface area contributed by atoms with Crippen molar-refractivity contribution in [1.82, 2.24) is 10.2 Å². The van der Waals surface area contributed by atoms with Gasteiger partial charge in [0.2, 0.25) is 11.8 Å². The van der Waals surface area contributed by atoms with E-state index in [1.807, 2.05) is 74.5 Å². The topological polar surface area (TPSA) is 79.0 Å². The maximum Gasteiger partial charge on any atom is 0.258 e. The Hall–Kier alpha value is -3.87. The van der Waals surface area contributed by atoms with Crippen molar-refractivity contribution in [2.45, 2.75) is 58.7 Å². The molecule has 0 spiro atoms. The van der Waals surface area contributed by atoms with E-state index in [0.717, 1.165) is 28.4 Å². The molecule has 0 saturated carbocycles. The van der Waals surface area contributed by atoms with Gasteiger partial charge in [0.15, 0.2) is 0 Å². The quantitative estimate of drug-likeness (QED) is 0.405. The van der Waals surface area contributed by atoms with Gasteiger partial charge in [-0.2, -0.15) is 0 Å². The van der Waals surface area contributed by atoms with E-state index >= 15 is 0 Å². The third-order valence-corrected chi connectivity index (χ3v) is 7.08. The molecule has 0 bridgehead atoms. The summed E-state index contributed by atoms with van der Waals surface area (Å²) in [5, 5.41) is 4.99. The number of nitrogens with zero attached hydrogens (tertiary/aromatic N) is 2. The molecule has 0 saturated heterocycles. The standard InChI is InChI=1S/C30H35N3O4/c1-5-20(2)31-29(35)21(3)33(19-22-10-6-13-24(18-22)37-4)27(34)16-9-17-32-26-15-8-12-23-11-7-14-25(28(23)26)30(32)36/h6-8,10-15,18,20-21H,5,9,16-17,19H2,1-4H3,(H,31,35). The zero-order chi connectivity index (χ0) is 26.5. The van der Waals surface area contributed by atoms with Crippen molar-refractivity contribution >= 4 is 34.2 Å². The number of methoxy groups -OCH3 is 1. The average molecular weight is 502 g/mol. The predicted molar refractivity (Wildman–Crippen MR) is 146 cm³/mol. The summed E-state index contributed by atoms with van der Waals surface area (Å²) in [7, 11) is 1.60. The van der Waals surface area contributed by atoms with Gasteiger partial charge in [-0.15, -0.1) is 0 Å². The Morgan fingerprint density at radius 1 is 1.05 bits per heavy atom. The van der Waals surface area contributed by atoms with Crippen LogP contribution in [-0.4, -0.2) is 48.4 Å². The maximum atomic E-state index is 13.5. The lowest BCUT2D eigenvalue weighted by atomic mass is 10.1. The van der Waals surface area contributed by atoms with Crippen LogP contribution in [0.15, 0.2) is 60.7 Å². The summed E-state index contributed by atoms with van der Waals surface area (Å²) in [5.41, 5.74) is 2.47. The number of rotatable bonds is 11. The Morgan fingerprint density at radius 3 is 2.51 bits per heavy atom. The van der Waals surface area contributed by atoms with Gasteiger partial charge in [0.25, 0.3) is 5.91 Å². The van der Waals surface area contributed by atoms with Crippen LogP contribution in [0.2, 0.25) is 0 Å². The van der Waals surface area contributed by atoms with Gasteiger partial charge in [-0.3, -0.25) is 14.4 Å². The third-order valence-electron chi connectivity index (χ3n) is 7.08. The molecule has 0 fully saturated rings. The van der Waals surface area contributed by atoms with Crippen LogP contribution in [0.5, 0.6) is 5.75 Å². The second-order valence-electron chi connectivity index (χ2n) is 9.61. The van der Waals surface area contributed by atoms with Crippen LogP contribution >= 0.6 is 0 Å². The summed E-state index contributed by atoms with van der Waals surface area (Å²) in [6.07, 6.45) is 1.52. The van der Waals surface area contributed by atoms with Gasteiger partial charge < -0.3 is 19.9 Å². The first-order valence-electron chi connectivity index (χ1n) is 12.9. The van der Waals surface area contributed by atoms with Crippen LogP contribution in [0.4, 0.5) is 5.69 Å². The number of nitrogens with one attached hydrogen (secondary N) is 1. The minimum atomic E-state index is -0.640. The first kappa shape index (κ1) is 26.2. The van der Waals surface area contributed by atoms with Crippen molar-refractivity contribution in [2.24, 2.45) is 0 Å². The molecule has 1 aliphatic heterocycles. The predicted octanol–water partition coefficient (Wildman–Crippen LogP) is 4.92. The number of carbonyl (C=O) groups excluding carboxylic acids is 3. The average Bonchev–Trinajstić information content (AvgIpc) is 3.19. The summed E-state index contributed by atoms with van der Waals surface area (Å²) in [4.78, 5) is 42.9. The van der Waals surface area contributed by atoms with E-state index in [4.69, 9.17) is 4.74 Å². The van der Waals surface area contributed by atoms with Crippen LogP contribution < -0.4 is 15.0 Å². The largest absolute Gasteiger partial charge is 0.497 e. The molecule has 3 aromatic rings. The smallest absolute Gasteiger partial charge is 0.258 e. The van der Waals surface area contributed by atoms with E-state index < -0.39 is 6.04 Å². The fraction of sp³-hybridized carbons (Fsp3) is 0.367. The van der Waals surface area contributed by atoms with Crippen LogP contribution in [0.1, 0.15) is 56.0 Å². The highest BCUT2D eigenvalue weighted by Crippen LogP contribution is 2.37. The second-order valence-corrected chi connectivity index (χ2v) is 9.61. The lowest BCUT2D eigenvalue weighted by Gasteiger charge is -2.30. The van der Waals surface area contributed by atoms with Gasteiger partial charge in [0.1, 0.15) is 11.8 Å². The Bertz CT molecular complexity index is 1300. The number of carbonyl (C=O) groups is 3. The molecule has 0 aromatic heterocycles. The number of ether oxygens (including phenoxy) is 1. The van der Waals surface area contributed by atoms with E-state index in [1.54, 1.807) is 23.8 Å². The molecule has 37 heavy (non-hydrogen) atoms. The fourth-order valence-electron chi connectivity index (χ4n) is 4.75. The monoisotopic (exact) mass is 501 g/mol. The Kier molecular flexibility index (Phi) is 8.11. The summed E-state index contributed by atoms with van der Waals surface area (Å²) < 4.78 is 5.33. The molecule has 194 valence electrons. The lowest BCUT2D eigenvalue weighted by Crippen LogP contribution is -2.49. The van der Waals surface area contributed by atoms with Crippen molar-refractivity contribution in [2.75, 3.05) is 18.6 Å². The molecule has 3 aromatic carbocycles. The molecule has 1 heterocycles. The van der Waals surface area contributed by atoms with E-state index in [1.165, 1.54) is 0 Å². The number of hydrogen-bond donors (Lipinski definition) is 1. The van der Waals surface area contributed by atoms with Crippen molar-refractivity contribution in [1.29, 1.82) is 0 Å². The molecular formula is C30H35N3O4. The SMILES string of the molecule is CCC(C)NC(=O)C(C)N(Cc1cccc(OC)c1)C(=O)CCCN1C(=O)c2cccc3cccc1c23. The minimum Gasteiger partial charge on any atom is -0.497 e. The van der Waals surface area contributed by atoms with E-state index in [2.05, 4.69) is 5.32 Å². The third kappa shape index (κ3) is 5.61. The molecule has 2 unspecified atom stereocenters. The molecule has 1 aliphatic rings. The van der Waals surface area contributed by atoms with Crippen LogP contribution in [0.25, 0.3) is 10.8 Å². The zero-order valence-electron chi connectivity index (χ0n) is 22.0. The number of amides is 3. The van der Waals surface area contributed by atoms with Crippen LogP contribution in [-0.2, 0) is 16.1 Å². The Labute approximate surface area is 218 Å². The summed E-state index contributed by atoms with van der Waals surface area (Å²) in [6, 6.07) is 18.6. The molecule has 7 nitrogen and oxygen atoms in total. The number of anilines is 1. The van der Waals surface area contributed by atoms with Crippen molar-refractivity contribution in [3.8, 4) is 5.75 Å². The lowest BCUT2D eigenvalue weighted by molar-refractivity contribution is -0.140. The van der Waals surface area contributed by atoms with Crippen molar-refractivity contribution < 1.29 is 19.1 Å². The Morgan fingerprint density at radius 2 is 1.78 bits per heavy atom. The van der Waals surface area contributed by atoms with Gasteiger partial charge in [-0.1, -0.05) is 43.3 Å². The summed E-state index contributed by atoms with van der Waals surface area (Å²) in [5.74, 6) is 0.358. The normalized spacial score (nSPS) is 13.9. The van der Waals surface area contributed by atoms with Crippen LogP contribution in [0, 0.1) is 0 Å². The van der Waals surface area contributed by atoms with Crippen molar-refractivity contribution in [3.63, 3.8) is 0 Å². The molecule has 0 aliphatic carbocycles. The maximum absolute atomic E-state index is 13.5. The van der Waals surface area contributed by atoms with Crippen molar-refractivity contribution in [3.05, 3.63) is 71.8 Å². The van der Waals surface area contributed by atoms with Gasteiger partial charge >= 0.3 is 0 Å². The molecule has 7 heteroatoms. The van der Waals surface area contributed by atoms with E-state index in [0.29, 0.717) is 30.8 Å². The summed E-state index contributed by atoms with van der Waals surface area (Å²) >= 11 is 0. The highest BCUT2D eigenvalue weighted by atomic mass is 16.5. The first-order valence-corrected chi connectivity index (χ1v) is 12.9. The van der Waals surface area contributed by atoms with Gasteiger partial charge in [0.05, 0.1) is 12.8 Å². The second kappa shape index (κ2) is 11.5. The zero-order valence-corrected chi connectivity index (χ0v) is 22.0. The van der Waals surface area contributed by atoms with Gasteiger partial charge in [0, 0.05) is 36.5 Å². The molecule has 3 amide bonds. The van der Waals surface area contributed by atoms with Crippen LogP contribution in [0.3, 0.4) is 0 Å². The van der Waals surface area contributed by atoms with E-state index in [-0.39, 0.29) is 30.2 Å². The molecule has 0 radical (unpaired) electrons. The van der Waals surface area contributed by atoms with Gasteiger partial charge in [-0.05, 0) is 61.9 Å². The molecule has 4 rings (SSSR count). The highest BCUT2D eigenvalue weighted by Gasteiger charge is 2.30. The molecular weight excluding hydrogens is 466 g/mol. The highest BCUT2D eigenvalue weighted by molar-refractivity contribution is 6.25. The minimum absolute atomic E-state index is 0.0224.